The smallest absolute Gasteiger partial charge is 0.193 e. The molecule has 0 aromatic heterocycles. The van der Waals surface area contributed by atoms with Crippen molar-refractivity contribution >= 4 is 11.6 Å². The first-order valence-corrected chi connectivity index (χ1v) is 9.03. The third-order valence-electron chi connectivity index (χ3n) is 4.23. The van der Waals surface area contributed by atoms with E-state index in [2.05, 4.69) is 41.5 Å². The second kappa shape index (κ2) is 9.55. The Morgan fingerprint density at radius 2 is 1.52 bits per heavy atom. The van der Waals surface area contributed by atoms with Gasteiger partial charge in [-0.25, -0.2) is 4.99 Å². The molecule has 0 saturated carbocycles. The van der Waals surface area contributed by atoms with Crippen LogP contribution in [0.4, 0.5) is 5.69 Å². The first-order valence-electron chi connectivity index (χ1n) is 9.03. The average molecular weight is 359 g/mol. The maximum Gasteiger partial charge on any atom is 0.193 e. The molecule has 0 aliphatic carbocycles. The number of rotatable bonds is 7. The van der Waals surface area contributed by atoms with Crippen LogP contribution in [0.2, 0.25) is 0 Å². The van der Waals surface area contributed by atoms with Crippen molar-refractivity contribution in [2.24, 2.45) is 10.7 Å². The van der Waals surface area contributed by atoms with Crippen molar-refractivity contribution in [1.29, 1.82) is 0 Å². The second-order valence-electron chi connectivity index (χ2n) is 6.44. The Hall–Kier alpha value is -3.11. The zero-order chi connectivity index (χ0) is 18.9. The van der Waals surface area contributed by atoms with E-state index in [9.17, 15) is 0 Å². The van der Waals surface area contributed by atoms with Gasteiger partial charge in [-0.3, -0.25) is 0 Å². The predicted molar refractivity (Wildman–Crippen MR) is 112 cm³/mol. The molecule has 0 amide bonds. The Bertz CT molecular complexity index is 874. The molecule has 0 bridgehead atoms. The molecule has 0 unspecified atom stereocenters. The molecule has 0 fully saturated rings. The standard InChI is InChI=1S/C23H25N3O/c1-18-11-13-22(14-12-18)26-23(24)25-15-20-9-5-6-10-21(20)17-27-16-19-7-3-2-4-8-19/h2-14H,15-17H2,1H3,(H3,24,25,26). The predicted octanol–water partition coefficient (Wildman–Crippen LogP) is 4.64. The van der Waals surface area contributed by atoms with E-state index in [1.807, 2.05) is 54.6 Å². The molecule has 3 aromatic rings. The lowest BCUT2D eigenvalue weighted by atomic mass is 10.1. The highest BCUT2D eigenvalue weighted by Crippen LogP contribution is 2.13. The number of nitrogens with one attached hydrogen (secondary N) is 1. The van der Waals surface area contributed by atoms with Gasteiger partial charge in [-0.2, -0.15) is 0 Å². The van der Waals surface area contributed by atoms with Gasteiger partial charge in [0.1, 0.15) is 0 Å². The van der Waals surface area contributed by atoms with E-state index in [0.717, 1.165) is 16.8 Å². The molecular formula is C23H25N3O. The zero-order valence-corrected chi connectivity index (χ0v) is 15.6. The summed E-state index contributed by atoms with van der Waals surface area (Å²) in [5.41, 5.74) is 11.6. The fourth-order valence-electron chi connectivity index (χ4n) is 2.70. The van der Waals surface area contributed by atoms with Crippen LogP contribution < -0.4 is 11.1 Å². The van der Waals surface area contributed by atoms with Crippen LogP contribution in [0, 0.1) is 6.92 Å². The highest BCUT2D eigenvalue weighted by molar-refractivity contribution is 5.92. The largest absolute Gasteiger partial charge is 0.372 e. The molecule has 138 valence electrons. The van der Waals surface area contributed by atoms with Crippen LogP contribution in [-0.2, 0) is 24.5 Å². The highest BCUT2D eigenvalue weighted by Gasteiger charge is 2.03. The summed E-state index contributed by atoms with van der Waals surface area (Å²) >= 11 is 0. The zero-order valence-electron chi connectivity index (χ0n) is 15.6. The molecule has 0 radical (unpaired) electrons. The van der Waals surface area contributed by atoms with Gasteiger partial charge >= 0.3 is 0 Å². The first-order chi connectivity index (χ1) is 13.2. The monoisotopic (exact) mass is 359 g/mol. The number of aryl methyl sites for hydroxylation is 1. The van der Waals surface area contributed by atoms with Gasteiger partial charge < -0.3 is 15.8 Å². The van der Waals surface area contributed by atoms with E-state index in [1.165, 1.54) is 11.1 Å². The van der Waals surface area contributed by atoms with Gasteiger partial charge in [0.05, 0.1) is 19.8 Å². The Kier molecular flexibility index (Phi) is 6.61. The van der Waals surface area contributed by atoms with Crippen molar-refractivity contribution in [1.82, 2.24) is 0 Å². The summed E-state index contributed by atoms with van der Waals surface area (Å²) < 4.78 is 5.86. The number of nitrogens with zero attached hydrogens (tertiary/aromatic N) is 1. The Labute approximate surface area is 160 Å². The van der Waals surface area contributed by atoms with Crippen LogP contribution in [0.15, 0.2) is 83.9 Å². The van der Waals surface area contributed by atoms with E-state index in [-0.39, 0.29) is 0 Å². The topological polar surface area (TPSA) is 59.6 Å². The van der Waals surface area contributed by atoms with Crippen molar-refractivity contribution in [3.8, 4) is 0 Å². The number of anilines is 1. The maximum atomic E-state index is 6.03. The summed E-state index contributed by atoms with van der Waals surface area (Å²) in [6, 6.07) is 26.4. The normalized spacial score (nSPS) is 11.4. The molecule has 0 atom stereocenters. The summed E-state index contributed by atoms with van der Waals surface area (Å²) in [5, 5.41) is 3.12. The summed E-state index contributed by atoms with van der Waals surface area (Å²) in [6.45, 7) is 3.70. The lowest BCUT2D eigenvalue weighted by Gasteiger charge is -2.10. The molecule has 3 aromatic carbocycles. The number of benzene rings is 3. The molecule has 0 heterocycles. The minimum absolute atomic E-state index is 0.402. The Morgan fingerprint density at radius 3 is 2.26 bits per heavy atom. The number of hydrogen-bond acceptors (Lipinski definition) is 2. The Morgan fingerprint density at radius 1 is 0.852 bits per heavy atom. The molecule has 3 rings (SSSR count). The van der Waals surface area contributed by atoms with Gasteiger partial charge in [0, 0.05) is 5.69 Å². The minimum Gasteiger partial charge on any atom is -0.372 e. The third-order valence-corrected chi connectivity index (χ3v) is 4.23. The van der Waals surface area contributed by atoms with Crippen LogP contribution in [0.1, 0.15) is 22.3 Å². The minimum atomic E-state index is 0.402. The van der Waals surface area contributed by atoms with Crippen molar-refractivity contribution in [2.45, 2.75) is 26.7 Å². The van der Waals surface area contributed by atoms with Gasteiger partial charge in [-0.1, -0.05) is 72.3 Å². The van der Waals surface area contributed by atoms with Gasteiger partial charge in [-0.05, 0) is 35.7 Å². The SMILES string of the molecule is Cc1ccc(NC(N)=NCc2ccccc2COCc2ccccc2)cc1. The summed E-state index contributed by atoms with van der Waals surface area (Å²) in [7, 11) is 0. The highest BCUT2D eigenvalue weighted by atomic mass is 16.5. The first kappa shape index (κ1) is 18.7. The molecular weight excluding hydrogens is 334 g/mol. The molecule has 0 aliphatic heterocycles. The molecule has 0 aliphatic rings. The number of guanidine groups is 1. The van der Waals surface area contributed by atoms with Crippen LogP contribution in [-0.4, -0.2) is 5.96 Å². The van der Waals surface area contributed by atoms with Crippen molar-refractivity contribution in [3.05, 3.63) is 101 Å². The third kappa shape index (κ3) is 5.97. The second-order valence-corrected chi connectivity index (χ2v) is 6.44. The van der Waals surface area contributed by atoms with Gasteiger partial charge in [0.15, 0.2) is 5.96 Å². The fraction of sp³-hybridized carbons (Fsp3) is 0.174. The molecule has 3 N–H and O–H groups in total. The van der Waals surface area contributed by atoms with E-state index in [4.69, 9.17) is 10.5 Å². The van der Waals surface area contributed by atoms with Gasteiger partial charge in [-0.15, -0.1) is 0 Å². The van der Waals surface area contributed by atoms with Crippen molar-refractivity contribution in [3.63, 3.8) is 0 Å². The average Bonchev–Trinajstić information content (AvgIpc) is 2.70. The number of nitrogens with two attached hydrogens (primary N) is 1. The van der Waals surface area contributed by atoms with Crippen molar-refractivity contribution < 1.29 is 4.74 Å². The maximum absolute atomic E-state index is 6.03. The lowest BCUT2D eigenvalue weighted by Crippen LogP contribution is -2.22. The molecule has 27 heavy (non-hydrogen) atoms. The van der Waals surface area contributed by atoms with E-state index in [0.29, 0.717) is 25.7 Å². The van der Waals surface area contributed by atoms with Crippen LogP contribution >= 0.6 is 0 Å². The van der Waals surface area contributed by atoms with E-state index >= 15 is 0 Å². The van der Waals surface area contributed by atoms with E-state index < -0.39 is 0 Å². The molecule has 4 heteroatoms. The molecule has 4 nitrogen and oxygen atoms in total. The van der Waals surface area contributed by atoms with Crippen LogP contribution in [0.5, 0.6) is 0 Å². The van der Waals surface area contributed by atoms with Gasteiger partial charge in [0.2, 0.25) is 0 Å². The Balaban J connectivity index is 1.57. The number of ether oxygens (including phenoxy) is 1. The number of aliphatic imine (C=N–C) groups is 1. The quantitative estimate of drug-likeness (QED) is 0.477. The molecule has 0 spiro atoms. The van der Waals surface area contributed by atoms with E-state index in [1.54, 1.807) is 0 Å². The number of hydrogen-bond donors (Lipinski definition) is 2. The van der Waals surface area contributed by atoms with Gasteiger partial charge in [0.25, 0.3) is 0 Å². The van der Waals surface area contributed by atoms with Crippen LogP contribution in [0.3, 0.4) is 0 Å². The summed E-state index contributed by atoms with van der Waals surface area (Å²) in [6.07, 6.45) is 0. The summed E-state index contributed by atoms with van der Waals surface area (Å²) in [4.78, 5) is 4.47. The van der Waals surface area contributed by atoms with Crippen LogP contribution in [0.25, 0.3) is 0 Å². The van der Waals surface area contributed by atoms with Crippen molar-refractivity contribution in [2.75, 3.05) is 5.32 Å². The summed E-state index contributed by atoms with van der Waals surface area (Å²) in [5.74, 6) is 0.402. The fourth-order valence-corrected chi connectivity index (χ4v) is 2.70. The molecule has 0 saturated heterocycles. The lowest BCUT2D eigenvalue weighted by molar-refractivity contribution is 0.106.